The van der Waals surface area contributed by atoms with Gasteiger partial charge in [-0.15, -0.1) is 12.4 Å². The standard InChI is InChI=1S/C16H22N2O.ClH/c1-2-16(8-9-16)15(19)18-11-14-13-6-4-3-5-12(13)7-10-17-14;/h3-6,14,17H,2,7-11H2,1H3,(H,18,19);1H. The van der Waals surface area contributed by atoms with Crippen LogP contribution >= 0.6 is 12.4 Å². The molecule has 1 aliphatic carbocycles. The summed E-state index contributed by atoms with van der Waals surface area (Å²) < 4.78 is 0. The van der Waals surface area contributed by atoms with Crippen LogP contribution in [0.2, 0.25) is 0 Å². The van der Waals surface area contributed by atoms with Gasteiger partial charge in [0.05, 0.1) is 0 Å². The van der Waals surface area contributed by atoms with Crippen LogP contribution in [0.3, 0.4) is 0 Å². The van der Waals surface area contributed by atoms with Gasteiger partial charge in [-0.05, 0) is 43.4 Å². The van der Waals surface area contributed by atoms with Gasteiger partial charge in [0.15, 0.2) is 0 Å². The molecule has 3 nitrogen and oxygen atoms in total. The Morgan fingerprint density at radius 3 is 2.85 bits per heavy atom. The van der Waals surface area contributed by atoms with Gasteiger partial charge in [0.25, 0.3) is 0 Å². The predicted molar refractivity (Wildman–Crippen MR) is 83.1 cm³/mol. The molecular formula is C16H23ClN2O. The molecular weight excluding hydrogens is 272 g/mol. The second-order valence-electron chi connectivity index (χ2n) is 5.80. The van der Waals surface area contributed by atoms with Crippen molar-refractivity contribution in [3.63, 3.8) is 0 Å². The number of hydrogen-bond acceptors (Lipinski definition) is 2. The van der Waals surface area contributed by atoms with Gasteiger partial charge in [0.2, 0.25) is 5.91 Å². The fourth-order valence-corrected chi connectivity index (χ4v) is 3.05. The molecule has 1 aliphatic heterocycles. The van der Waals surface area contributed by atoms with Gasteiger partial charge in [-0.3, -0.25) is 4.79 Å². The minimum atomic E-state index is -0.0335. The summed E-state index contributed by atoms with van der Waals surface area (Å²) in [6.07, 6.45) is 4.17. The average Bonchev–Trinajstić information content (AvgIpc) is 3.26. The van der Waals surface area contributed by atoms with E-state index in [0.29, 0.717) is 6.54 Å². The highest BCUT2D eigenvalue weighted by atomic mass is 35.5. The van der Waals surface area contributed by atoms with Crippen molar-refractivity contribution in [1.29, 1.82) is 0 Å². The highest BCUT2D eigenvalue weighted by Crippen LogP contribution is 2.48. The summed E-state index contributed by atoms with van der Waals surface area (Å²) in [4.78, 5) is 12.2. The Kier molecular flexibility index (Phi) is 4.71. The van der Waals surface area contributed by atoms with Crippen molar-refractivity contribution in [2.45, 2.75) is 38.6 Å². The number of rotatable bonds is 4. The van der Waals surface area contributed by atoms with Crippen LogP contribution in [0.4, 0.5) is 0 Å². The molecule has 0 spiro atoms. The molecule has 2 N–H and O–H groups in total. The molecule has 0 saturated heterocycles. The maximum Gasteiger partial charge on any atom is 0.226 e. The SMILES string of the molecule is CCC1(C(=O)NCC2NCCc3ccccc32)CC1.Cl. The Bertz CT molecular complexity index is 485. The predicted octanol–water partition coefficient (Wildman–Crippen LogP) is 2.60. The van der Waals surface area contributed by atoms with Crippen molar-refractivity contribution in [2.24, 2.45) is 5.41 Å². The van der Waals surface area contributed by atoms with E-state index in [4.69, 9.17) is 0 Å². The minimum Gasteiger partial charge on any atom is -0.354 e. The molecule has 4 heteroatoms. The lowest BCUT2D eigenvalue weighted by Crippen LogP contribution is -2.41. The van der Waals surface area contributed by atoms with Crippen LogP contribution in [0.15, 0.2) is 24.3 Å². The van der Waals surface area contributed by atoms with Gasteiger partial charge in [-0.1, -0.05) is 31.2 Å². The fourth-order valence-electron chi connectivity index (χ4n) is 3.05. The molecule has 1 aromatic rings. The van der Waals surface area contributed by atoms with Gasteiger partial charge in [-0.2, -0.15) is 0 Å². The summed E-state index contributed by atoms with van der Waals surface area (Å²) in [5.41, 5.74) is 2.72. The number of fused-ring (bicyclic) bond motifs is 1. The monoisotopic (exact) mass is 294 g/mol. The zero-order chi connectivity index (χ0) is 13.3. The van der Waals surface area contributed by atoms with E-state index in [0.717, 1.165) is 32.2 Å². The van der Waals surface area contributed by atoms with Crippen LogP contribution in [0.5, 0.6) is 0 Å². The zero-order valence-corrected chi connectivity index (χ0v) is 12.8. The number of carbonyl (C=O) groups is 1. The normalized spacial score (nSPS) is 22.4. The Morgan fingerprint density at radius 2 is 2.15 bits per heavy atom. The molecule has 110 valence electrons. The molecule has 1 unspecified atom stereocenters. The lowest BCUT2D eigenvalue weighted by atomic mass is 9.94. The second kappa shape index (κ2) is 6.15. The summed E-state index contributed by atoms with van der Waals surface area (Å²) in [6, 6.07) is 8.80. The topological polar surface area (TPSA) is 41.1 Å². The highest BCUT2D eigenvalue weighted by molar-refractivity contribution is 5.85. The number of halogens is 1. The van der Waals surface area contributed by atoms with Crippen molar-refractivity contribution in [3.8, 4) is 0 Å². The fraction of sp³-hybridized carbons (Fsp3) is 0.562. The zero-order valence-electron chi connectivity index (χ0n) is 11.9. The maximum absolute atomic E-state index is 12.2. The average molecular weight is 295 g/mol. The van der Waals surface area contributed by atoms with Gasteiger partial charge in [-0.25, -0.2) is 0 Å². The van der Waals surface area contributed by atoms with E-state index >= 15 is 0 Å². The first-order valence-electron chi connectivity index (χ1n) is 7.35. The number of carbonyl (C=O) groups excluding carboxylic acids is 1. The van der Waals surface area contributed by atoms with Gasteiger partial charge >= 0.3 is 0 Å². The van der Waals surface area contributed by atoms with Crippen LogP contribution < -0.4 is 10.6 Å². The molecule has 1 amide bonds. The van der Waals surface area contributed by atoms with Crippen LogP contribution in [-0.4, -0.2) is 19.0 Å². The van der Waals surface area contributed by atoms with Gasteiger partial charge < -0.3 is 10.6 Å². The van der Waals surface area contributed by atoms with E-state index in [1.165, 1.54) is 11.1 Å². The summed E-state index contributed by atoms with van der Waals surface area (Å²) in [5.74, 6) is 0.250. The van der Waals surface area contributed by atoms with Crippen molar-refractivity contribution in [2.75, 3.05) is 13.1 Å². The van der Waals surface area contributed by atoms with E-state index in [9.17, 15) is 4.79 Å². The quantitative estimate of drug-likeness (QED) is 0.896. The minimum absolute atomic E-state index is 0. The van der Waals surface area contributed by atoms with E-state index in [1.54, 1.807) is 0 Å². The van der Waals surface area contributed by atoms with E-state index in [1.807, 2.05) is 0 Å². The third-order valence-electron chi connectivity index (χ3n) is 4.69. The van der Waals surface area contributed by atoms with Crippen molar-refractivity contribution >= 4 is 18.3 Å². The highest BCUT2D eigenvalue weighted by Gasteiger charge is 2.47. The molecule has 1 atom stereocenters. The Balaban J connectivity index is 0.00000147. The Labute approximate surface area is 126 Å². The van der Waals surface area contributed by atoms with E-state index in [2.05, 4.69) is 41.8 Å². The molecule has 20 heavy (non-hydrogen) atoms. The summed E-state index contributed by atoms with van der Waals surface area (Å²) >= 11 is 0. The molecule has 0 bridgehead atoms. The van der Waals surface area contributed by atoms with Crippen LogP contribution in [0.1, 0.15) is 43.4 Å². The number of hydrogen-bond donors (Lipinski definition) is 2. The summed E-state index contributed by atoms with van der Waals surface area (Å²) in [5, 5.41) is 6.65. The Hall–Kier alpha value is -1.06. The van der Waals surface area contributed by atoms with E-state index < -0.39 is 0 Å². The van der Waals surface area contributed by atoms with E-state index in [-0.39, 0.29) is 29.8 Å². The van der Waals surface area contributed by atoms with Crippen molar-refractivity contribution in [1.82, 2.24) is 10.6 Å². The third-order valence-corrected chi connectivity index (χ3v) is 4.69. The summed E-state index contributed by atoms with van der Waals surface area (Å²) in [7, 11) is 0. The van der Waals surface area contributed by atoms with Crippen molar-refractivity contribution in [3.05, 3.63) is 35.4 Å². The molecule has 0 aromatic heterocycles. The van der Waals surface area contributed by atoms with Crippen LogP contribution in [0.25, 0.3) is 0 Å². The third kappa shape index (κ3) is 2.84. The van der Waals surface area contributed by atoms with Crippen LogP contribution in [-0.2, 0) is 11.2 Å². The summed E-state index contributed by atoms with van der Waals surface area (Å²) in [6.45, 7) is 3.81. The lowest BCUT2D eigenvalue weighted by molar-refractivity contribution is -0.126. The molecule has 1 heterocycles. The van der Waals surface area contributed by atoms with Crippen LogP contribution in [0, 0.1) is 5.41 Å². The first-order valence-corrected chi connectivity index (χ1v) is 7.35. The molecule has 0 radical (unpaired) electrons. The molecule has 1 fully saturated rings. The number of amides is 1. The molecule has 3 rings (SSSR count). The first kappa shape index (κ1) is 15.3. The maximum atomic E-state index is 12.2. The molecule has 1 aromatic carbocycles. The number of benzene rings is 1. The lowest BCUT2D eigenvalue weighted by Gasteiger charge is -2.27. The first-order chi connectivity index (χ1) is 9.25. The molecule has 1 saturated carbocycles. The largest absolute Gasteiger partial charge is 0.354 e. The second-order valence-corrected chi connectivity index (χ2v) is 5.80. The van der Waals surface area contributed by atoms with Crippen molar-refractivity contribution < 1.29 is 4.79 Å². The number of nitrogens with one attached hydrogen (secondary N) is 2. The van der Waals surface area contributed by atoms with Gasteiger partial charge in [0.1, 0.15) is 0 Å². The Morgan fingerprint density at radius 1 is 1.40 bits per heavy atom. The smallest absolute Gasteiger partial charge is 0.226 e. The van der Waals surface area contributed by atoms with Gasteiger partial charge in [0, 0.05) is 18.0 Å². The molecule has 2 aliphatic rings.